The first-order valence-electron chi connectivity index (χ1n) is 7.77. The number of aromatic amines is 1. The highest BCUT2D eigenvalue weighted by atomic mass is 32.2. The minimum Gasteiger partial charge on any atom is -0.480 e. The van der Waals surface area contributed by atoms with E-state index in [0.717, 1.165) is 35.0 Å². The molecule has 3 rings (SSSR count). The Hall–Kier alpha value is -1.53. The lowest BCUT2D eigenvalue weighted by atomic mass is 9.90. The molecule has 4 nitrogen and oxygen atoms in total. The molecule has 1 aromatic carbocycles. The molecule has 2 heterocycles. The molecule has 0 unspecified atom stereocenters. The maximum Gasteiger partial charge on any atom is 0.326 e. The maximum atomic E-state index is 11.9. The molecule has 0 spiro atoms. The monoisotopic (exact) mass is 348 g/mol. The minimum atomic E-state index is -0.807. The standard InChI is InChI=1S/C17H20N2O2S2/c1-3-6-13-15-11(10-7-4-5-8-12(10)18-15)9-14(16(20)21)19(13)17(22)23-2/h4-5,7-8,13-14,18H,3,6,9H2,1-2H3,(H,20,21)/t13-,14-/m1/s1. The normalized spacial score (nSPS) is 20.5. The van der Waals surface area contributed by atoms with Gasteiger partial charge >= 0.3 is 5.97 Å². The van der Waals surface area contributed by atoms with Crippen molar-refractivity contribution in [1.82, 2.24) is 9.88 Å². The number of aliphatic carboxylic acids is 1. The number of benzene rings is 1. The van der Waals surface area contributed by atoms with Crippen molar-refractivity contribution < 1.29 is 9.90 Å². The van der Waals surface area contributed by atoms with Crippen LogP contribution in [0.25, 0.3) is 10.9 Å². The SMILES string of the molecule is CCC[C@@H]1c2[nH]c3ccccc3c2C[C@H](C(=O)O)N1C(=S)SC. The Morgan fingerprint density at radius 2 is 2.22 bits per heavy atom. The first-order valence-corrected chi connectivity index (χ1v) is 9.40. The van der Waals surface area contributed by atoms with Gasteiger partial charge in [-0.2, -0.15) is 0 Å². The van der Waals surface area contributed by atoms with Crippen LogP contribution < -0.4 is 0 Å². The van der Waals surface area contributed by atoms with Crippen LogP contribution in [0.5, 0.6) is 0 Å². The molecule has 0 bridgehead atoms. The van der Waals surface area contributed by atoms with Gasteiger partial charge in [-0.3, -0.25) is 0 Å². The second-order valence-corrected chi connectivity index (χ2v) is 7.24. The van der Waals surface area contributed by atoms with Crippen LogP contribution in [0.1, 0.15) is 37.1 Å². The van der Waals surface area contributed by atoms with E-state index >= 15 is 0 Å². The number of hydrogen-bond acceptors (Lipinski definition) is 3. The molecule has 2 atom stereocenters. The Labute approximate surface area is 145 Å². The summed E-state index contributed by atoms with van der Waals surface area (Å²) in [6.45, 7) is 2.12. The van der Waals surface area contributed by atoms with Gasteiger partial charge in [-0.15, -0.1) is 11.8 Å². The van der Waals surface area contributed by atoms with E-state index in [-0.39, 0.29) is 6.04 Å². The van der Waals surface area contributed by atoms with E-state index < -0.39 is 12.0 Å². The van der Waals surface area contributed by atoms with Gasteiger partial charge in [0.1, 0.15) is 10.4 Å². The lowest BCUT2D eigenvalue weighted by Crippen LogP contribution is -2.49. The molecule has 0 amide bonds. The third-order valence-electron chi connectivity index (χ3n) is 4.48. The fraction of sp³-hybridized carbons (Fsp3) is 0.412. The molecule has 6 heteroatoms. The Kier molecular flexibility index (Phi) is 4.64. The van der Waals surface area contributed by atoms with Crippen molar-refractivity contribution in [1.29, 1.82) is 0 Å². The average Bonchev–Trinajstić information content (AvgIpc) is 2.92. The van der Waals surface area contributed by atoms with E-state index in [1.165, 1.54) is 11.8 Å². The summed E-state index contributed by atoms with van der Waals surface area (Å²) < 4.78 is 0.653. The minimum absolute atomic E-state index is 0.00259. The van der Waals surface area contributed by atoms with Crippen LogP contribution in [-0.4, -0.2) is 37.6 Å². The number of carboxylic acids is 1. The summed E-state index contributed by atoms with van der Waals surface area (Å²) in [6, 6.07) is 7.51. The van der Waals surface area contributed by atoms with E-state index in [1.807, 2.05) is 29.4 Å². The molecule has 0 saturated carbocycles. The lowest BCUT2D eigenvalue weighted by Gasteiger charge is -2.41. The van der Waals surface area contributed by atoms with Gasteiger partial charge in [-0.25, -0.2) is 4.79 Å². The smallest absolute Gasteiger partial charge is 0.326 e. The fourth-order valence-corrected chi connectivity index (χ4v) is 4.22. The number of carbonyl (C=O) groups is 1. The number of nitrogens with one attached hydrogen (secondary N) is 1. The van der Waals surface area contributed by atoms with E-state index in [1.54, 1.807) is 0 Å². The Bertz CT molecular complexity index is 756. The molecule has 0 aliphatic carbocycles. The van der Waals surface area contributed by atoms with Gasteiger partial charge in [0.05, 0.1) is 6.04 Å². The number of rotatable bonds is 3. The summed E-state index contributed by atoms with van der Waals surface area (Å²) >= 11 is 6.93. The van der Waals surface area contributed by atoms with E-state index in [2.05, 4.69) is 18.0 Å². The first-order chi connectivity index (χ1) is 11.1. The van der Waals surface area contributed by atoms with Gasteiger partial charge in [0, 0.05) is 23.0 Å². The van der Waals surface area contributed by atoms with Gasteiger partial charge in [0.15, 0.2) is 0 Å². The van der Waals surface area contributed by atoms with Crippen LogP contribution in [0.4, 0.5) is 0 Å². The van der Waals surface area contributed by atoms with E-state index in [9.17, 15) is 9.90 Å². The number of H-pyrrole nitrogens is 1. The molecule has 2 N–H and O–H groups in total. The van der Waals surface area contributed by atoms with Crippen LogP contribution >= 0.6 is 24.0 Å². The Morgan fingerprint density at radius 3 is 2.87 bits per heavy atom. The highest BCUT2D eigenvalue weighted by molar-refractivity contribution is 8.22. The van der Waals surface area contributed by atoms with Crippen LogP contribution in [0.3, 0.4) is 0 Å². The van der Waals surface area contributed by atoms with Gasteiger partial charge in [-0.1, -0.05) is 43.8 Å². The molecule has 2 aromatic rings. The zero-order valence-electron chi connectivity index (χ0n) is 13.2. The average molecular weight is 348 g/mol. The van der Waals surface area contributed by atoms with Gasteiger partial charge in [-0.05, 0) is 24.3 Å². The quantitative estimate of drug-likeness (QED) is 0.822. The van der Waals surface area contributed by atoms with Gasteiger partial charge in [0.2, 0.25) is 0 Å². The zero-order chi connectivity index (χ0) is 16.6. The molecule has 1 aliphatic rings. The van der Waals surface area contributed by atoms with Crippen LogP contribution in [0.2, 0.25) is 0 Å². The van der Waals surface area contributed by atoms with Gasteiger partial charge in [0.25, 0.3) is 0 Å². The number of nitrogens with zero attached hydrogens (tertiary/aromatic N) is 1. The van der Waals surface area contributed by atoms with Crippen molar-refractivity contribution >= 4 is 45.2 Å². The third kappa shape index (κ3) is 2.74. The fourth-order valence-electron chi connectivity index (χ4n) is 3.50. The number of aromatic nitrogens is 1. The number of fused-ring (bicyclic) bond motifs is 3. The topological polar surface area (TPSA) is 56.3 Å². The highest BCUT2D eigenvalue weighted by Crippen LogP contribution is 2.40. The van der Waals surface area contributed by atoms with Crippen molar-refractivity contribution in [3.8, 4) is 0 Å². The predicted octanol–water partition coefficient (Wildman–Crippen LogP) is 3.97. The molecule has 122 valence electrons. The number of thioether (sulfide) groups is 1. The van der Waals surface area contributed by atoms with Crippen molar-refractivity contribution in [2.45, 2.75) is 38.3 Å². The van der Waals surface area contributed by atoms with Crippen molar-refractivity contribution in [2.24, 2.45) is 0 Å². The zero-order valence-corrected chi connectivity index (χ0v) is 14.8. The van der Waals surface area contributed by atoms with Crippen LogP contribution in [0.15, 0.2) is 24.3 Å². The van der Waals surface area contributed by atoms with Crippen LogP contribution in [0, 0.1) is 0 Å². The summed E-state index contributed by atoms with van der Waals surface area (Å²) in [6.07, 6.45) is 4.24. The Morgan fingerprint density at radius 1 is 1.48 bits per heavy atom. The number of carboxylic acid groups (broad SMARTS) is 1. The summed E-state index contributed by atoms with van der Waals surface area (Å²) in [5.74, 6) is -0.807. The maximum absolute atomic E-state index is 11.9. The molecular weight excluding hydrogens is 328 g/mol. The van der Waals surface area contributed by atoms with Crippen LogP contribution in [-0.2, 0) is 11.2 Å². The predicted molar refractivity (Wildman–Crippen MR) is 99.0 cm³/mol. The van der Waals surface area contributed by atoms with Gasteiger partial charge < -0.3 is 15.0 Å². The largest absolute Gasteiger partial charge is 0.480 e. The summed E-state index contributed by atoms with van der Waals surface area (Å²) in [5.41, 5.74) is 3.33. The molecule has 1 aromatic heterocycles. The van der Waals surface area contributed by atoms with E-state index in [0.29, 0.717) is 10.7 Å². The van der Waals surface area contributed by atoms with Crippen molar-refractivity contribution in [3.05, 3.63) is 35.5 Å². The summed E-state index contributed by atoms with van der Waals surface area (Å²) in [4.78, 5) is 17.3. The number of para-hydroxylation sites is 1. The molecule has 0 radical (unpaired) electrons. The number of hydrogen-bond donors (Lipinski definition) is 2. The number of thiocarbonyl (C=S) groups is 1. The van der Waals surface area contributed by atoms with Crippen molar-refractivity contribution in [3.63, 3.8) is 0 Å². The highest BCUT2D eigenvalue weighted by Gasteiger charge is 2.40. The molecule has 1 aliphatic heterocycles. The third-order valence-corrected chi connectivity index (χ3v) is 5.75. The van der Waals surface area contributed by atoms with E-state index in [4.69, 9.17) is 12.2 Å². The summed E-state index contributed by atoms with van der Waals surface area (Å²) in [5, 5.41) is 10.9. The molecule has 0 fully saturated rings. The molecule has 0 saturated heterocycles. The summed E-state index contributed by atoms with van der Waals surface area (Å²) in [7, 11) is 0. The Balaban J connectivity index is 2.19. The molecule has 23 heavy (non-hydrogen) atoms. The lowest BCUT2D eigenvalue weighted by molar-refractivity contribution is -0.142. The molecular formula is C17H20N2O2S2. The first kappa shape index (κ1) is 16.3. The van der Waals surface area contributed by atoms with Crippen molar-refractivity contribution in [2.75, 3.05) is 6.26 Å². The second kappa shape index (κ2) is 6.53. The second-order valence-electron chi connectivity index (χ2n) is 5.80.